The number of hydrogen-bond donors (Lipinski definition) is 1. The molecule has 2 heterocycles. The van der Waals surface area contributed by atoms with Gasteiger partial charge in [0.15, 0.2) is 11.6 Å². The molecule has 0 atom stereocenters. The van der Waals surface area contributed by atoms with E-state index in [9.17, 15) is 4.79 Å². The molecule has 192 valence electrons. The molecule has 38 heavy (non-hydrogen) atoms. The summed E-state index contributed by atoms with van der Waals surface area (Å²) in [6.45, 7) is 2.53. The maximum Gasteiger partial charge on any atom is 0.283 e. The van der Waals surface area contributed by atoms with Crippen LogP contribution in [0.3, 0.4) is 0 Å². The van der Waals surface area contributed by atoms with Gasteiger partial charge in [0.05, 0.1) is 15.6 Å². The average Bonchev–Trinajstić information content (AvgIpc) is 3.31. The van der Waals surface area contributed by atoms with Crippen LogP contribution >= 0.6 is 50.9 Å². The third-order valence-electron chi connectivity index (χ3n) is 5.50. The van der Waals surface area contributed by atoms with Crippen LogP contribution in [-0.4, -0.2) is 40.2 Å². The molecule has 2 aliphatic rings. The second-order valence-electron chi connectivity index (χ2n) is 8.26. The number of benzene rings is 3. The summed E-state index contributed by atoms with van der Waals surface area (Å²) in [4.78, 5) is 16.9. The average molecular weight is 630 g/mol. The highest BCUT2D eigenvalue weighted by Gasteiger charge is 2.36. The van der Waals surface area contributed by atoms with E-state index in [2.05, 4.69) is 26.0 Å². The van der Waals surface area contributed by atoms with Crippen molar-refractivity contribution in [1.29, 1.82) is 5.41 Å². The third kappa shape index (κ3) is 5.81. The summed E-state index contributed by atoms with van der Waals surface area (Å²) in [6, 6.07) is 18.6. The number of rotatable bonds is 7. The highest BCUT2D eigenvalue weighted by atomic mass is 79.9. The molecule has 0 bridgehead atoms. The normalized spacial score (nSPS) is 15.9. The largest absolute Gasteiger partial charge is 0.490 e. The SMILES string of the molecule is Cc1ccc(C2=NN3C(=N)/C(=C/c4cc(Cl)c(OCCOc5ccc(Br)cc5)c(Cl)c4)C(=O)N=C3S2)cc1. The number of hydrazone groups is 1. The van der Waals surface area contributed by atoms with Gasteiger partial charge in [-0.3, -0.25) is 10.2 Å². The summed E-state index contributed by atoms with van der Waals surface area (Å²) >= 11 is 17.5. The van der Waals surface area contributed by atoms with Crippen molar-refractivity contribution < 1.29 is 14.3 Å². The number of amides is 1. The van der Waals surface area contributed by atoms with Crippen molar-refractivity contribution in [3.63, 3.8) is 0 Å². The highest BCUT2D eigenvalue weighted by molar-refractivity contribution is 9.10. The van der Waals surface area contributed by atoms with Crippen LogP contribution < -0.4 is 9.47 Å². The Morgan fingerprint density at radius 3 is 2.37 bits per heavy atom. The molecule has 5 rings (SSSR count). The second-order valence-corrected chi connectivity index (χ2v) is 10.9. The van der Waals surface area contributed by atoms with Gasteiger partial charge in [-0.15, -0.1) is 0 Å². The molecule has 0 unspecified atom stereocenters. The van der Waals surface area contributed by atoms with Crippen molar-refractivity contribution in [3.8, 4) is 11.5 Å². The van der Waals surface area contributed by atoms with Crippen molar-refractivity contribution in [1.82, 2.24) is 5.01 Å². The molecule has 0 radical (unpaired) electrons. The summed E-state index contributed by atoms with van der Waals surface area (Å²) in [6.07, 6.45) is 1.52. The number of fused-ring (bicyclic) bond motifs is 1. The smallest absolute Gasteiger partial charge is 0.283 e. The van der Waals surface area contributed by atoms with Crippen molar-refractivity contribution in [2.45, 2.75) is 6.92 Å². The first kappa shape index (κ1) is 26.5. The van der Waals surface area contributed by atoms with Crippen LogP contribution in [0.4, 0.5) is 0 Å². The van der Waals surface area contributed by atoms with Crippen molar-refractivity contribution in [2.75, 3.05) is 13.2 Å². The van der Waals surface area contributed by atoms with E-state index in [-0.39, 0.29) is 28.1 Å². The minimum atomic E-state index is -0.535. The van der Waals surface area contributed by atoms with Gasteiger partial charge in [0, 0.05) is 10.0 Å². The maximum absolute atomic E-state index is 12.8. The molecular formula is C27H19BrCl2N4O3S. The van der Waals surface area contributed by atoms with Gasteiger partial charge >= 0.3 is 0 Å². The van der Waals surface area contributed by atoms with Gasteiger partial charge in [-0.1, -0.05) is 69.0 Å². The van der Waals surface area contributed by atoms with E-state index in [0.29, 0.717) is 33.9 Å². The number of nitrogens with one attached hydrogen (secondary N) is 1. The van der Waals surface area contributed by atoms with Gasteiger partial charge in [-0.25, -0.2) is 0 Å². The highest BCUT2D eigenvalue weighted by Crippen LogP contribution is 2.36. The van der Waals surface area contributed by atoms with E-state index in [1.807, 2.05) is 55.5 Å². The van der Waals surface area contributed by atoms with Crippen LogP contribution in [-0.2, 0) is 4.79 Å². The first-order valence-electron chi connectivity index (χ1n) is 11.4. The molecule has 2 aliphatic heterocycles. The Kier molecular flexibility index (Phi) is 7.90. The third-order valence-corrected chi connectivity index (χ3v) is 7.54. The zero-order valence-corrected chi connectivity index (χ0v) is 23.8. The number of carbonyl (C=O) groups excluding carboxylic acids is 1. The van der Waals surface area contributed by atoms with E-state index in [0.717, 1.165) is 15.6 Å². The Morgan fingerprint density at radius 1 is 1.03 bits per heavy atom. The number of aryl methyl sites for hydroxylation is 1. The zero-order valence-electron chi connectivity index (χ0n) is 19.9. The molecule has 0 aromatic heterocycles. The molecule has 0 spiro atoms. The molecule has 0 fully saturated rings. The second kappa shape index (κ2) is 11.3. The zero-order chi connectivity index (χ0) is 26.8. The number of hydrogen-bond acceptors (Lipinski definition) is 6. The standard InChI is InChI=1S/C27H19BrCl2N4O3S/c1-15-2-4-17(5-3-15)26-33-34-24(31)20(25(35)32-27(34)38-26)12-16-13-21(29)23(22(30)14-16)37-11-10-36-19-8-6-18(28)7-9-19/h2-9,12-14,31H,10-11H2,1H3/b20-12-,31-24?. The number of ether oxygens (including phenoxy) is 2. The lowest BCUT2D eigenvalue weighted by Gasteiger charge is -2.20. The summed E-state index contributed by atoms with van der Waals surface area (Å²) < 4.78 is 12.4. The van der Waals surface area contributed by atoms with E-state index in [1.54, 1.807) is 12.1 Å². The molecule has 7 nitrogen and oxygen atoms in total. The first-order chi connectivity index (χ1) is 18.3. The molecule has 1 amide bonds. The van der Waals surface area contributed by atoms with Gasteiger partial charge in [0.2, 0.25) is 5.17 Å². The molecule has 0 aliphatic carbocycles. The van der Waals surface area contributed by atoms with Crippen molar-refractivity contribution in [3.05, 3.63) is 97.4 Å². The molecule has 11 heteroatoms. The van der Waals surface area contributed by atoms with E-state index in [4.69, 9.17) is 38.1 Å². The van der Waals surface area contributed by atoms with Crippen LogP contribution in [0.1, 0.15) is 16.7 Å². The number of amidine groups is 2. The number of nitrogens with zero attached hydrogens (tertiary/aromatic N) is 3. The quantitative estimate of drug-likeness (QED) is 0.221. The monoisotopic (exact) mass is 628 g/mol. The number of carbonyl (C=O) groups is 1. The molecular weight excluding hydrogens is 611 g/mol. The van der Waals surface area contributed by atoms with Gasteiger partial charge in [-0.2, -0.15) is 15.1 Å². The molecule has 3 aromatic rings. The Bertz CT molecular complexity index is 1500. The lowest BCUT2D eigenvalue weighted by atomic mass is 10.1. The Balaban J connectivity index is 1.29. The number of aliphatic imine (C=N–C) groups is 1. The van der Waals surface area contributed by atoms with E-state index >= 15 is 0 Å². The fourth-order valence-electron chi connectivity index (χ4n) is 3.61. The minimum Gasteiger partial charge on any atom is -0.490 e. The lowest BCUT2D eigenvalue weighted by Crippen LogP contribution is -2.35. The van der Waals surface area contributed by atoms with Crippen molar-refractivity contribution in [2.24, 2.45) is 10.1 Å². The lowest BCUT2D eigenvalue weighted by molar-refractivity contribution is -0.114. The molecule has 3 aromatic carbocycles. The fraction of sp³-hybridized carbons (Fsp3) is 0.111. The van der Waals surface area contributed by atoms with Gasteiger partial charge in [0.25, 0.3) is 5.91 Å². The predicted molar refractivity (Wildman–Crippen MR) is 157 cm³/mol. The van der Waals surface area contributed by atoms with Gasteiger partial charge in [0.1, 0.15) is 24.0 Å². The van der Waals surface area contributed by atoms with Crippen LogP contribution in [0.5, 0.6) is 11.5 Å². The van der Waals surface area contributed by atoms with Gasteiger partial charge < -0.3 is 9.47 Å². The van der Waals surface area contributed by atoms with E-state index < -0.39 is 5.91 Å². The molecule has 1 N–H and O–H groups in total. The minimum absolute atomic E-state index is 0.0759. The Labute approximate surface area is 241 Å². The Hall–Kier alpha value is -3.11. The summed E-state index contributed by atoms with van der Waals surface area (Å²) in [7, 11) is 0. The van der Waals surface area contributed by atoms with Crippen LogP contribution in [0.25, 0.3) is 6.08 Å². The van der Waals surface area contributed by atoms with Crippen molar-refractivity contribution >= 4 is 78.9 Å². The first-order valence-corrected chi connectivity index (χ1v) is 13.7. The topological polar surface area (TPSA) is 87.3 Å². The Morgan fingerprint density at radius 2 is 1.68 bits per heavy atom. The van der Waals surface area contributed by atoms with E-state index in [1.165, 1.54) is 22.8 Å². The fourth-order valence-corrected chi connectivity index (χ4v) is 5.38. The summed E-state index contributed by atoms with van der Waals surface area (Å²) in [5, 5.41) is 16.0. The summed E-state index contributed by atoms with van der Waals surface area (Å²) in [5.41, 5.74) is 2.62. The molecule has 0 saturated heterocycles. The van der Waals surface area contributed by atoms with Gasteiger partial charge in [-0.05, 0) is 66.7 Å². The maximum atomic E-state index is 12.8. The number of thioether (sulfide) groups is 1. The van der Waals surface area contributed by atoms with Crippen LogP contribution in [0.2, 0.25) is 10.0 Å². The molecule has 0 saturated carbocycles. The predicted octanol–water partition coefficient (Wildman–Crippen LogP) is 7.19. The van der Waals surface area contributed by atoms with Crippen LogP contribution in [0.15, 0.2) is 80.8 Å². The summed E-state index contributed by atoms with van der Waals surface area (Å²) in [5.74, 6) is 0.413. The van der Waals surface area contributed by atoms with Crippen LogP contribution in [0, 0.1) is 12.3 Å². The number of halogens is 3.